The zero-order chi connectivity index (χ0) is 14.8. The summed E-state index contributed by atoms with van der Waals surface area (Å²) in [4.78, 5) is 15.1. The summed E-state index contributed by atoms with van der Waals surface area (Å²) in [7, 11) is 0. The van der Waals surface area contributed by atoms with Crippen LogP contribution in [-0.2, 0) is 0 Å². The first kappa shape index (κ1) is 13.6. The van der Waals surface area contributed by atoms with Crippen LogP contribution in [0.15, 0.2) is 53.9 Å². The molecule has 0 aliphatic carbocycles. The molecule has 3 aromatic rings. The zero-order valence-corrected chi connectivity index (χ0v) is 12.6. The number of fused-ring (bicyclic) bond motifs is 1. The molecule has 21 heavy (non-hydrogen) atoms. The van der Waals surface area contributed by atoms with Gasteiger partial charge in [0.2, 0.25) is 0 Å². The van der Waals surface area contributed by atoms with Crippen molar-refractivity contribution >= 4 is 39.4 Å². The summed E-state index contributed by atoms with van der Waals surface area (Å²) < 4.78 is 0. The summed E-state index contributed by atoms with van der Waals surface area (Å²) in [6.45, 7) is 2.58. The third-order valence-electron chi connectivity index (χ3n) is 3.51. The smallest absolute Gasteiger partial charge is 0.270 e. The summed E-state index contributed by atoms with van der Waals surface area (Å²) in [6, 6.07) is 15.9. The average Bonchev–Trinajstić information content (AvgIpc) is 2.94. The summed E-state index contributed by atoms with van der Waals surface area (Å²) in [5.41, 5.74) is 7.36. The van der Waals surface area contributed by atoms with Crippen molar-refractivity contribution in [2.75, 3.05) is 17.2 Å². The fourth-order valence-corrected chi connectivity index (χ4v) is 3.25. The number of anilines is 2. The van der Waals surface area contributed by atoms with Crippen LogP contribution < -0.4 is 10.6 Å². The van der Waals surface area contributed by atoms with Crippen molar-refractivity contribution in [3.05, 3.63) is 58.8 Å². The van der Waals surface area contributed by atoms with Gasteiger partial charge < -0.3 is 10.6 Å². The Labute approximate surface area is 127 Å². The van der Waals surface area contributed by atoms with E-state index in [4.69, 9.17) is 5.73 Å². The number of carbonyl (C=O) groups is 1. The lowest BCUT2D eigenvalue weighted by Gasteiger charge is -2.22. The van der Waals surface area contributed by atoms with Gasteiger partial charge in [0.1, 0.15) is 4.88 Å². The van der Waals surface area contributed by atoms with Gasteiger partial charge in [-0.25, -0.2) is 0 Å². The molecule has 0 radical (unpaired) electrons. The molecular weight excluding hydrogens is 280 g/mol. The lowest BCUT2D eigenvalue weighted by molar-refractivity contribution is 0.0993. The lowest BCUT2D eigenvalue weighted by Crippen LogP contribution is -2.30. The standard InChI is InChI=1S/C17H16N2OS/c1-2-19(17(20)16-14(18)10-11-21-16)15-9-5-7-12-6-3-4-8-13(12)15/h3-11H,2,18H2,1H3. The Hall–Kier alpha value is -2.33. The molecule has 2 N–H and O–H groups in total. The quantitative estimate of drug-likeness (QED) is 0.789. The number of thiophene rings is 1. The molecule has 0 unspecified atom stereocenters. The van der Waals surface area contributed by atoms with Crippen LogP contribution in [0.1, 0.15) is 16.6 Å². The molecule has 0 spiro atoms. The molecule has 0 fully saturated rings. The SMILES string of the molecule is CCN(C(=O)c1sccc1N)c1cccc2ccccc12. The van der Waals surface area contributed by atoms with Crippen LogP contribution >= 0.6 is 11.3 Å². The fraction of sp³-hybridized carbons (Fsp3) is 0.118. The van der Waals surface area contributed by atoms with Gasteiger partial charge in [0, 0.05) is 11.9 Å². The lowest BCUT2D eigenvalue weighted by atomic mass is 10.1. The first-order valence-corrected chi connectivity index (χ1v) is 7.73. The molecular formula is C17H16N2OS. The van der Waals surface area contributed by atoms with E-state index in [1.165, 1.54) is 11.3 Å². The van der Waals surface area contributed by atoms with Crippen molar-refractivity contribution < 1.29 is 4.79 Å². The van der Waals surface area contributed by atoms with Crippen LogP contribution in [0.4, 0.5) is 11.4 Å². The van der Waals surface area contributed by atoms with E-state index in [0.717, 1.165) is 16.5 Å². The number of hydrogen-bond donors (Lipinski definition) is 1. The van der Waals surface area contributed by atoms with Gasteiger partial charge in [-0.2, -0.15) is 0 Å². The zero-order valence-electron chi connectivity index (χ0n) is 11.7. The number of carbonyl (C=O) groups excluding carboxylic acids is 1. The van der Waals surface area contributed by atoms with E-state index in [1.54, 1.807) is 11.0 Å². The van der Waals surface area contributed by atoms with Crippen LogP contribution in [0.3, 0.4) is 0 Å². The van der Waals surface area contributed by atoms with E-state index in [-0.39, 0.29) is 5.91 Å². The van der Waals surface area contributed by atoms with Gasteiger partial charge in [0.05, 0.1) is 11.4 Å². The number of hydrogen-bond acceptors (Lipinski definition) is 3. The van der Waals surface area contributed by atoms with Crippen LogP contribution in [0.2, 0.25) is 0 Å². The van der Waals surface area contributed by atoms with Crippen molar-refractivity contribution in [3.8, 4) is 0 Å². The first-order chi connectivity index (χ1) is 10.2. The normalized spacial score (nSPS) is 10.7. The maximum absolute atomic E-state index is 12.8. The van der Waals surface area contributed by atoms with Crippen molar-refractivity contribution in [1.82, 2.24) is 0 Å². The molecule has 3 nitrogen and oxygen atoms in total. The first-order valence-electron chi connectivity index (χ1n) is 6.85. The highest BCUT2D eigenvalue weighted by atomic mass is 32.1. The molecule has 0 aliphatic heterocycles. The number of nitrogens with zero attached hydrogens (tertiary/aromatic N) is 1. The van der Waals surface area contributed by atoms with Gasteiger partial charge in [0.15, 0.2) is 0 Å². The number of nitrogen functional groups attached to an aromatic ring is 1. The van der Waals surface area contributed by atoms with Gasteiger partial charge in [-0.1, -0.05) is 36.4 Å². The highest BCUT2D eigenvalue weighted by Gasteiger charge is 2.20. The predicted molar refractivity (Wildman–Crippen MR) is 90.0 cm³/mol. The fourth-order valence-electron chi connectivity index (χ4n) is 2.48. The monoisotopic (exact) mass is 296 g/mol. The Balaban J connectivity index is 2.11. The minimum atomic E-state index is -0.0404. The van der Waals surface area contributed by atoms with Crippen molar-refractivity contribution in [1.29, 1.82) is 0 Å². The van der Waals surface area contributed by atoms with Gasteiger partial charge in [-0.3, -0.25) is 4.79 Å². The van der Waals surface area contributed by atoms with E-state index in [9.17, 15) is 4.79 Å². The Bertz CT molecular complexity index is 789. The maximum atomic E-state index is 12.8. The molecule has 1 heterocycles. The molecule has 0 aliphatic rings. The van der Waals surface area contributed by atoms with E-state index in [0.29, 0.717) is 17.1 Å². The number of amides is 1. The summed E-state index contributed by atoms with van der Waals surface area (Å²) in [5.74, 6) is -0.0404. The Morgan fingerprint density at radius 3 is 2.62 bits per heavy atom. The van der Waals surface area contributed by atoms with Gasteiger partial charge in [-0.15, -0.1) is 11.3 Å². The minimum absolute atomic E-state index is 0.0404. The highest BCUT2D eigenvalue weighted by Crippen LogP contribution is 2.30. The Kier molecular flexibility index (Phi) is 3.62. The van der Waals surface area contributed by atoms with Gasteiger partial charge >= 0.3 is 0 Å². The molecule has 1 amide bonds. The molecule has 0 bridgehead atoms. The summed E-state index contributed by atoms with van der Waals surface area (Å²) in [5, 5.41) is 4.05. The minimum Gasteiger partial charge on any atom is -0.397 e. The number of nitrogens with two attached hydrogens (primary N) is 1. The number of rotatable bonds is 3. The molecule has 1 aromatic heterocycles. The second-order valence-electron chi connectivity index (χ2n) is 4.75. The molecule has 0 saturated carbocycles. The predicted octanol–water partition coefficient (Wildman–Crippen LogP) is 4.15. The maximum Gasteiger partial charge on any atom is 0.270 e. The summed E-state index contributed by atoms with van der Waals surface area (Å²) >= 11 is 1.39. The number of benzene rings is 2. The third kappa shape index (κ3) is 2.38. The van der Waals surface area contributed by atoms with Crippen molar-refractivity contribution in [3.63, 3.8) is 0 Å². The highest BCUT2D eigenvalue weighted by molar-refractivity contribution is 7.12. The molecule has 0 atom stereocenters. The van der Waals surface area contributed by atoms with E-state index < -0.39 is 0 Å². The van der Waals surface area contributed by atoms with Crippen LogP contribution in [0, 0.1) is 0 Å². The van der Waals surface area contributed by atoms with Crippen molar-refractivity contribution in [2.24, 2.45) is 0 Å². The third-order valence-corrected chi connectivity index (χ3v) is 4.43. The van der Waals surface area contributed by atoms with E-state index >= 15 is 0 Å². The molecule has 2 aromatic carbocycles. The van der Waals surface area contributed by atoms with Crippen molar-refractivity contribution in [2.45, 2.75) is 6.92 Å². The molecule has 0 saturated heterocycles. The largest absolute Gasteiger partial charge is 0.397 e. The van der Waals surface area contributed by atoms with Crippen LogP contribution in [0.5, 0.6) is 0 Å². The Morgan fingerprint density at radius 1 is 1.14 bits per heavy atom. The van der Waals surface area contributed by atoms with Crippen LogP contribution in [-0.4, -0.2) is 12.5 Å². The van der Waals surface area contributed by atoms with Gasteiger partial charge in [-0.05, 0) is 29.8 Å². The second-order valence-corrected chi connectivity index (χ2v) is 5.67. The van der Waals surface area contributed by atoms with Crippen LogP contribution in [0.25, 0.3) is 10.8 Å². The van der Waals surface area contributed by atoms with Gasteiger partial charge in [0.25, 0.3) is 5.91 Å². The second kappa shape index (κ2) is 5.58. The Morgan fingerprint density at radius 2 is 1.90 bits per heavy atom. The van der Waals surface area contributed by atoms with E-state index in [1.807, 2.05) is 42.6 Å². The summed E-state index contributed by atoms with van der Waals surface area (Å²) in [6.07, 6.45) is 0. The topological polar surface area (TPSA) is 46.3 Å². The molecule has 106 valence electrons. The van der Waals surface area contributed by atoms with E-state index in [2.05, 4.69) is 12.1 Å². The molecule has 4 heteroatoms. The molecule has 3 rings (SSSR count). The average molecular weight is 296 g/mol.